The molecule has 3 N–H and O–H groups in total. The molecule has 3 amide bonds. The largest absolute Gasteiger partial charge is 0.332 e. The van der Waals surface area contributed by atoms with Gasteiger partial charge >= 0.3 is 6.03 Å². The maximum atomic E-state index is 12.2. The standard InChI is InChI=1S/C16H20ClN3O4S/c17-10-4-3-5-11(8-10)18-14(21)7-2-1-6-13-15-12(9-25(13,23)24)19-16(22)20-15/h3-5,8,12-13,15H,1-2,6-7,9H2,(H,18,21)(H2,19,20,22)/t12-,13+,15-/m0/s1. The summed E-state index contributed by atoms with van der Waals surface area (Å²) in [4.78, 5) is 23.3. The predicted molar refractivity (Wildman–Crippen MR) is 95.4 cm³/mol. The molecule has 1 aromatic rings. The van der Waals surface area contributed by atoms with Gasteiger partial charge in [-0.3, -0.25) is 4.79 Å². The highest BCUT2D eigenvalue weighted by Gasteiger charge is 2.51. The number of unbranched alkanes of at least 4 members (excludes halogenated alkanes) is 1. The Balaban J connectivity index is 1.45. The number of carbonyl (C=O) groups is 2. The summed E-state index contributed by atoms with van der Waals surface area (Å²) in [5.74, 6) is -0.152. The number of anilines is 1. The van der Waals surface area contributed by atoms with Gasteiger partial charge in [-0.15, -0.1) is 0 Å². The number of carbonyl (C=O) groups excluding carboxylic acids is 2. The quantitative estimate of drug-likeness (QED) is 0.512. The molecule has 2 fully saturated rings. The van der Waals surface area contributed by atoms with E-state index < -0.39 is 15.1 Å². The zero-order valence-electron chi connectivity index (χ0n) is 13.5. The smallest absolute Gasteiger partial charge is 0.315 e. The monoisotopic (exact) mass is 385 g/mol. The van der Waals surface area contributed by atoms with Crippen LogP contribution < -0.4 is 16.0 Å². The molecule has 0 aromatic heterocycles. The number of urea groups is 1. The molecule has 0 saturated carbocycles. The van der Waals surface area contributed by atoms with Crippen LogP contribution in [0, 0.1) is 0 Å². The average molecular weight is 386 g/mol. The third-order valence-electron chi connectivity index (χ3n) is 4.57. The average Bonchev–Trinajstić information content (AvgIpc) is 2.96. The summed E-state index contributed by atoms with van der Waals surface area (Å²) < 4.78 is 24.4. The number of hydrogen-bond acceptors (Lipinski definition) is 4. The van der Waals surface area contributed by atoms with Crippen molar-refractivity contribution in [3.63, 3.8) is 0 Å². The molecule has 3 rings (SSSR count). The van der Waals surface area contributed by atoms with Crippen molar-refractivity contribution in [3.05, 3.63) is 29.3 Å². The molecule has 0 bridgehead atoms. The van der Waals surface area contributed by atoms with Crippen molar-refractivity contribution < 1.29 is 18.0 Å². The molecule has 2 saturated heterocycles. The fourth-order valence-corrected chi connectivity index (χ4v) is 5.89. The number of halogens is 1. The van der Waals surface area contributed by atoms with E-state index in [0.717, 1.165) is 0 Å². The van der Waals surface area contributed by atoms with Crippen LogP contribution in [0.5, 0.6) is 0 Å². The van der Waals surface area contributed by atoms with Gasteiger partial charge in [0, 0.05) is 17.1 Å². The Labute approximate surface area is 151 Å². The molecule has 2 aliphatic rings. The molecule has 0 aliphatic carbocycles. The Morgan fingerprint density at radius 1 is 1.28 bits per heavy atom. The maximum Gasteiger partial charge on any atom is 0.315 e. The zero-order valence-corrected chi connectivity index (χ0v) is 15.1. The van der Waals surface area contributed by atoms with Gasteiger partial charge < -0.3 is 16.0 Å². The topological polar surface area (TPSA) is 104 Å². The highest BCUT2D eigenvalue weighted by molar-refractivity contribution is 7.92. The molecular formula is C16H20ClN3O4S. The molecular weight excluding hydrogens is 366 g/mol. The second kappa shape index (κ2) is 7.21. The first-order valence-corrected chi connectivity index (χ1v) is 10.3. The molecule has 1 aromatic carbocycles. The van der Waals surface area contributed by atoms with E-state index in [2.05, 4.69) is 16.0 Å². The third-order valence-corrected chi connectivity index (χ3v) is 7.08. The van der Waals surface area contributed by atoms with Crippen LogP contribution >= 0.6 is 11.6 Å². The van der Waals surface area contributed by atoms with Gasteiger partial charge in [0.15, 0.2) is 9.84 Å². The van der Waals surface area contributed by atoms with Crippen molar-refractivity contribution in [3.8, 4) is 0 Å². The lowest BCUT2D eigenvalue weighted by Crippen LogP contribution is -2.39. The summed E-state index contributed by atoms with van der Waals surface area (Å²) in [5, 5.41) is 8.06. The number of amides is 3. The Morgan fingerprint density at radius 3 is 2.84 bits per heavy atom. The van der Waals surface area contributed by atoms with Crippen molar-refractivity contribution in [1.82, 2.24) is 10.6 Å². The molecule has 3 atom stereocenters. The second-order valence-electron chi connectivity index (χ2n) is 6.42. The molecule has 25 heavy (non-hydrogen) atoms. The number of rotatable bonds is 6. The summed E-state index contributed by atoms with van der Waals surface area (Å²) >= 11 is 5.87. The highest BCUT2D eigenvalue weighted by Crippen LogP contribution is 2.28. The van der Waals surface area contributed by atoms with Crippen LogP contribution in [-0.4, -0.2) is 43.4 Å². The van der Waals surface area contributed by atoms with Crippen molar-refractivity contribution >= 4 is 39.1 Å². The molecule has 0 radical (unpaired) electrons. The first kappa shape index (κ1) is 18.0. The highest BCUT2D eigenvalue weighted by atomic mass is 35.5. The van der Waals surface area contributed by atoms with Crippen LogP contribution in [0.1, 0.15) is 25.7 Å². The number of nitrogens with one attached hydrogen (secondary N) is 3. The predicted octanol–water partition coefficient (Wildman–Crippen LogP) is 1.69. The van der Waals surface area contributed by atoms with Crippen LogP contribution in [0.25, 0.3) is 0 Å². The minimum atomic E-state index is -3.22. The Morgan fingerprint density at radius 2 is 2.08 bits per heavy atom. The number of hydrogen-bond donors (Lipinski definition) is 3. The Hall–Kier alpha value is -1.80. The molecule has 136 valence electrons. The second-order valence-corrected chi connectivity index (χ2v) is 9.12. The molecule has 9 heteroatoms. The Kier molecular flexibility index (Phi) is 5.19. The summed E-state index contributed by atoms with van der Waals surface area (Å²) in [5.41, 5.74) is 0.637. The van der Waals surface area contributed by atoms with E-state index in [1.165, 1.54) is 0 Å². The van der Waals surface area contributed by atoms with E-state index in [1.54, 1.807) is 24.3 Å². The molecule has 7 nitrogen and oxygen atoms in total. The van der Waals surface area contributed by atoms with Gasteiger partial charge in [0.2, 0.25) is 5.91 Å². The SMILES string of the molecule is O=C(CCCC[C@@H]1[C@H]2NC(=O)N[C@H]2CS1(=O)=O)Nc1cccc(Cl)c1. The maximum absolute atomic E-state index is 12.2. The fraction of sp³-hybridized carbons (Fsp3) is 0.500. The fourth-order valence-electron chi connectivity index (χ4n) is 3.43. The first-order valence-electron chi connectivity index (χ1n) is 8.19. The Bertz CT molecular complexity index is 783. The molecule has 0 spiro atoms. The number of sulfone groups is 1. The van der Waals surface area contributed by atoms with E-state index in [9.17, 15) is 18.0 Å². The molecule has 0 unspecified atom stereocenters. The van der Waals surface area contributed by atoms with Gasteiger partial charge in [0.25, 0.3) is 0 Å². The van der Waals surface area contributed by atoms with Gasteiger partial charge in [0.05, 0.1) is 23.1 Å². The van der Waals surface area contributed by atoms with Crippen molar-refractivity contribution in [2.75, 3.05) is 11.1 Å². The van der Waals surface area contributed by atoms with Crippen LogP contribution in [-0.2, 0) is 14.6 Å². The van der Waals surface area contributed by atoms with Gasteiger partial charge in [-0.25, -0.2) is 13.2 Å². The van der Waals surface area contributed by atoms with E-state index in [-0.39, 0.29) is 29.8 Å². The van der Waals surface area contributed by atoms with Crippen LogP contribution in [0.2, 0.25) is 5.02 Å². The minimum absolute atomic E-state index is 0.0175. The van der Waals surface area contributed by atoms with E-state index in [0.29, 0.717) is 36.4 Å². The lowest BCUT2D eigenvalue weighted by Gasteiger charge is -2.16. The molecule has 2 aliphatic heterocycles. The first-order chi connectivity index (χ1) is 11.8. The van der Waals surface area contributed by atoms with Crippen LogP contribution in [0.4, 0.5) is 10.5 Å². The summed E-state index contributed by atoms with van der Waals surface area (Å²) in [6.07, 6.45) is 1.93. The van der Waals surface area contributed by atoms with Crippen LogP contribution in [0.3, 0.4) is 0 Å². The summed E-state index contributed by atoms with van der Waals surface area (Å²) in [6.45, 7) is 0. The van der Waals surface area contributed by atoms with Crippen molar-refractivity contribution in [2.24, 2.45) is 0 Å². The van der Waals surface area contributed by atoms with Crippen molar-refractivity contribution in [2.45, 2.75) is 43.0 Å². The lowest BCUT2D eigenvalue weighted by molar-refractivity contribution is -0.116. The van der Waals surface area contributed by atoms with Gasteiger partial charge in [0.1, 0.15) is 0 Å². The van der Waals surface area contributed by atoms with Gasteiger partial charge in [-0.2, -0.15) is 0 Å². The van der Waals surface area contributed by atoms with Gasteiger partial charge in [-0.05, 0) is 31.0 Å². The normalized spacial score (nSPS) is 26.6. The minimum Gasteiger partial charge on any atom is -0.332 e. The number of benzene rings is 1. The number of fused-ring (bicyclic) bond motifs is 1. The van der Waals surface area contributed by atoms with Gasteiger partial charge in [-0.1, -0.05) is 24.1 Å². The lowest BCUT2D eigenvalue weighted by atomic mass is 10.0. The van der Waals surface area contributed by atoms with E-state index in [1.807, 2.05) is 0 Å². The zero-order chi connectivity index (χ0) is 18.0. The third kappa shape index (κ3) is 4.24. The van der Waals surface area contributed by atoms with Crippen LogP contribution in [0.15, 0.2) is 24.3 Å². The molecule has 2 heterocycles. The van der Waals surface area contributed by atoms with E-state index >= 15 is 0 Å². The van der Waals surface area contributed by atoms with E-state index in [4.69, 9.17) is 11.6 Å². The van der Waals surface area contributed by atoms with Crippen molar-refractivity contribution in [1.29, 1.82) is 0 Å². The summed E-state index contributed by atoms with van der Waals surface area (Å²) in [7, 11) is -3.22. The summed E-state index contributed by atoms with van der Waals surface area (Å²) in [6, 6.07) is 5.89.